The summed E-state index contributed by atoms with van der Waals surface area (Å²) >= 11 is 0. The van der Waals surface area contributed by atoms with Crippen LogP contribution in [-0.4, -0.2) is 228 Å². The molecular weight excluding hydrogens is 1100 g/mol. The SMILES string of the molecule is CO[C@H](C(=O)[C@@H](O)[C@@H](C)O)[C@@H]1Cc2cc3cc(O[C@H]4C[C@@H](O[C@@H]5C[C@@H](O)[C@@H](O)[C@@H](C)O5)[C@@H](OC(C)=O)[C@@H](C)O4)cc(O)c3c(O)c2C(=O)[C@H]1O[C@H]1C[C@@H](O[C@H]2C[C@](O)([C@H]3C[C@](C)(O)[C@@H](OC(=O)C(C)C)[C@H](C)O3)[C@H](O)[C@@H](C)O2)[C@H](O)[C@@H](C)O1. The second-order valence-corrected chi connectivity index (χ2v) is 23.8. The third-order valence-corrected chi connectivity index (χ3v) is 16.8. The molecule has 5 fully saturated rings. The van der Waals surface area contributed by atoms with E-state index in [-0.39, 0.29) is 59.8 Å². The second kappa shape index (κ2) is 25.6. The molecule has 0 saturated carbocycles. The van der Waals surface area contributed by atoms with E-state index in [1.54, 1.807) is 34.6 Å². The Hall–Kier alpha value is -4.30. The van der Waals surface area contributed by atoms with Crippen molar-refractivity contribution in [2.24, 2.45) is 11.8 Å². The largest absolute Gasteiger partial charge is 0.507 e. The Morgan fingerprint density at radius 1 is 0.723 bits per heavy atom. The van der Waals surface area contributed by atoms with E-state index in [0.29, 0.717) is 0 Å². The normalized spacial score (nSPS) is 40.7. The summed E-state index contributed by atoms with van der Waals surface area (Å²) in [4.78, 5) is 53.8. The van der Waals surface area contributed by atoms with E-state index in [0.717, 1.165) is 7.11 Å². The summed E-state index contributed by atoms with van der Waals surface area (Å²) in [6.07, 6.45) is -28.7. The third-order valence-electron chi connectivity index (χ3n) is 16.8. The predicted octanol–water partition coefficient (Wildman–Crippen LogP) is 0.608. The van der Waals surface area contributed by atoms with Gasteiger partial charge in [0.2, 0.25) is 6.29 Å². The van der Waals surface area contributed by atoms with Crippen LogP contribution in [0.25, 0.3) is 10.8 Å². The summed E-state index contributed by atoms with van der Waals surface area (Å²) in [6, 6.07) is 4.11. The fraction of sp³-hybridized carbons (Fsp3) is 0.754. The Morgan fingerprint density at radius 2 is 1.34 bits per heavy atom. The molecule has 6 aliphatic rings. The summed E-state index contributed by atoms with van der Waals surface area (Å²) in [5, 5.41) is 112. The van der Waals surface area contributed by atoms with Crippen molar-refractivity contribution in [3.05, 3.63) is 29.3 Å². The van der Waals surface area contributed by atoms with Gasteiger partial charge in [-0.15, -0.1) is 0 Å². The van der Waals surface area contributed by atoms with Gasteiger partial charge >= 0.3 is 11.9 Å². The lowest BCUT2D eigenvalue weighted by atomic mass is 9.74. The number of ether oxygens (including phenoxy) is 12. The minimum atomic E-state index is -2.13. The number of aromatic hydroxyl groups is 2. The fourth-order valence-electron chi connectivity index (χ4n) is 12.4. The molecule has 5 saturated heterocycles. The molecule has 0 radical (unpaired) electrons. The fourth-order valence-corrected chi connectivity index (χ4v) is 12.4. The molecule has 0 bridgehead atoms. The quantitative estimate of drug-likeness (QED) is 0.0970. The molecule has 26 heteroatoms. The standard InChI is InChI=1S/C57H82O26/c1-21(2)55(69)83-54-27(8)73-37(19-56(54,10)70)57(71)20-41(77-26(7)53(57)68)80-35-17-40(75-24(5)46(35)64)82-52-32(51(72-11)49(67)44(62)22(3)58)14-30-12-29-13-31(15-33(60)42(29)47(65)43(30)48(52)66)79-39-18-36(50(25(6)76-39)78-28(9)59)81-38-16-34(61)45(63)23(4)74-38/h12-13,15,21-27,32,34-41,44-46,50-54,58,60-65,68,70-71H,14,16-20H2,1-11H3/t22-,23-,24-,25-,26-,27+,32+,34-,35-,36-,37-,38-,39+,40+,41+,44+,45+,46-,50+,51+,52+,53-,54+,56+,57+/m1/s1. The molecule has 26 nitrogen and oxygen atoms in total. The summed E-state index contributed by atoms with van der Waals surface area (Å²) in [5.74, 6) is -6.10. The Kier molecular flexibility index (Phi) is 19.9. The minimum absolute atomic E-state index is 0.0169. The number of phenolic OH excluding ortho intramolecular Hbond substituents is 2. The van der Waals surface area contributed by atoms with Crippen molar-refractivity contribution in [3.8, 4) is 17.2 Å². The first kappa shape index (κ1) is 64.7. The van der Waals surface area contributed by atoms with Crippen LogP contribution in [0.3, 0.4) is 0 Å². The first-order valence-corrected chi connectivity index (χ1v) is 28.3. The van der Waals surface area contributed by atoms with E-state index >= 15 is 4.79 Å². The molecule has 0 aromatic heterocycles. The summed E-state index contributed by atoms with van der Waals surface area (Å²) in [6.45, 7) is 14.9. The maximum Gasteiger partial charge on any atom is 0.308 e. The zero-order chi connectivity index (χ0) is 61.1. The number of benzene rings is 2. The molecule has 5 heterocycles. The summed E-state index contributed by atoms with van der Waals surface area (Å²) in [5.41, 5.74) is -4.00. The van der Waals surface area contributed by atoms with Gasteiger partial charge in [0, 0.05) is 58.1 Å². The Labute approximate surface area is 479 Å². The lowest BCUT2D eigenvalue weighted by Crippen LogP contribution is -2.69. The zero-order valence-corrected chi connectivity index (χ0v) is 48.3. The molecular formula is C57H82O26. The summed E-state index contributed by atoms with van der Waals surface area (Å²) in [7, 11) is 1.16. The van der Waals surface area contributed by atoms with E-state index in [4.69, 9.17) is 56.8 Å². The van der Waals surface area contributed by atoms with Crippen LogP contribution in [-0.2, 0) is 72.9 Å². The van der Waals surface area contributed by atoms with Crippen molar-refractivity contribution in [2.75, 3.05) is 7.11 Å². The van der Waals surface area contributed by atoms with Crippen molar-refractivity contribution < 1.29 is 127 Å². The van der Waals surface area contributed by atoms with Crippen LogP contribution in [0.4, 0.5) is 0 Å². The molecule has 2 aromatic rings. The average molecular weight is 1180 g/mol. The number of hydrogen-bond donors (Lipinski definition) is 10. The number of ketones is 2. The molecule has 466 valence electrons. The average Bonchev–Trinajstić information content (AvgIpc) is 3.26. The van der Waals surface area contributed by atoms with Gasteiger partial charge in [-0.2, -0.15) is 0 Å². The third kappa shape index (κ3) is 13.5. The van der Waals surface area contributed by atoms with Gasteiger partial charge in [-0.3, -0.25) is 19.2 Å². The van der Waals surface area contributed by atoms with Gasteiger partial charge in [-0.25, -0.2) is 0 Å². The molecule has 0 amide bonds. The Balaban J connectivity index is 1.04. The molecule has 25 atom stereocenters. The van der Waals surface area contributed by atoms with Crippen molar-refractivity contribution in [2.45, 2.75) is 254 Å². The maximum absolute atomic E-state index is 15.1. The number of fused-ring (bicyclic) bond motifs is 2. The molecule has 83 heavy (non-hydrogen) atoms. The highest BCUT2D eigenvalue weighted by Gasteiger charge is 2.59. The number of hydrogen-bond acceptors (Lipinski definition) is 26. The van der Waals surface area contributed by atoms with E-state index < -0.39 is 199 Å². The van der Waals surface area contributed by atoms with Gasteiger partial charge in [0.1, 0.15) is 71.2 Å². The van der Waals surface area contributed by atoms with Crippen molar-refractivity contribution in [1.29, 1.82) is 0 Å². The smallest absolute Gasteiger partial charge is 0.308 e. The number of Topliss-reactive ketones (excluding diaryl/α,β-unsaturated/α-hetero) is 2. The number of carbonyl (C=O) groups excluding carboxylic acids is 4. The van der Waals surface area contributed by atoms with Gasteiger partial charge in [-0.1, -0.05) is 13.8 Å². The van der Waals surface area contributed by atoms with Crippen LogP contribution >= 0.6 is 0 Å². The van der Waals surface area contributed by atoms with Gasteiger partial charge in [0.05, 0.1) is 71.8 Å². The number of methoxy groups -OCH3 is 1. The highest BCUT2D eigenvalue weighted by Crippen LogP contribution is 2.47. The Morgan fingerprint density at radius 3 is 1.95 bits per heavy atom. The number of phenols is 2. The van der Waals surface area contributed by atoms with Crippen LogP contribution in [0.2, 0.25) is 0 Å². The van der Waals surface area contributed by atoms with E-state index in [1.807, 2.05) is 0 Å². The lowest BCUT2D eigenvalue weighted by molar-refractivity contribution is -0.344. The minimum Gasteiger partial charge on any atom is -0.507 e. The number of aliphatic hydroxyl groups is 8. The lowest BCUT2D eigenvalue weighted by Gasteiger charge is -2.53. The maximum atomic E-state index is 15.1. The molecule has 8 rings (SSSR count). The number of esters is 2. The van der Waals surface area contributed by atoms with Crippen molar-refractivity contribution >= 4 is 34.3 Å². The van der Waals surface area contributed by atoms with Crippen molar-refractivity contribution in [3.63, 3.8) is 0 Å². The molecule has 0 unspecified atom stereocenters. The molecule has 0 spiro atoms. The van der Waals surface area contributed by atoms with Gasteiger partial charge in [-0.05, 0) is 78.0 Å². The molecule has 10 N–H and O–H groups in total. The Bertz CT molecular complexity index is 2640. The van der Waals surface area contributed by atoms with E-state index in [9.17, 15) is 65.4 Å². The monoisotopic (exact) mass is 1180 g/mol. The van der Waals surface area contributed by atoms with E-state index in [2.05, 4.69) is 0 Å². The van der Waals surface area contributed by atoms with Crippen LogP contribution < -0.4 is 4.74 Å². The van der Waals surface area contributed by atoms with Gasteiger partial charge in [0.25, 0.3) is 0 Å². The number of aliphatic hydroxyl groups excluding tert-OH is 6. The molecule has 1 aliphatic carbocycles. The first-order valence-electron chi connectivity index (χ1n) is 28.3. The highest BCUT2D eigenvalue weighted by atomic mass is 16.7. The summed E-state index contributed by atoms with van der Waals surface area (Å²) < 4.78 is 72.3. The van der Waals surface area contributed by atoms with E-state index in [1.165, 1.54) is 52.8 Å². The number of carbonyl (C=O) groups is 4. The zero-order valence-electron chi connectivity index (χ0n) is 48.3. The van der Waals surface area contributed by atoms with Gasteiger partial charge < -0.3 is 108 Å². The first-order chi connectivity index (χ1) is 38.8. The molecule has 2 aromatic carbocycles. The topological polar surface area (TPSA) is 381 Å². The van der Waals surface area contributed by atoms with Crippen LogP contribution in [0.15, 0.2) is 18.2 Å². The van der Waals surface area contributed by atoms with Crippen LogP contribution in [0.1, 0.15) is 117 Å². The molecule has 5 aliphatic heterocycles. The predicted molar refractivity (Wildman–Crippen MR) is 282 cm³/mol. The number of rotatable bonds is 17. The van der Waals surface area contributed by atoms with Gasteiger partial charge in [0.15, 0.2) is 42.6 Å². The van der Waals surface area contributed by atoms with Crippen molar-refractivity contribution in [1.82, 2.24) is 0 Å². The second-order valence-electron chi connectivity index (χ2n) is 23.8. The van der Waals surface area contributed by atoms with Crippen LogP contribution in [0, 0.1) is 11.8 Å². The van der Waals surface area contributed by atoms with Crippen LogP contribution in [0.5, 0.6) is 17.2 Å². The highest BCUT2D eigenvalue weighted by molar-refractivity contribution is 6.11.